The second-order valence-electron chi connectivity index (χ2n) is 6.48. The number of halogens is 1. The number of aliphatic imine (C=N–C) groups is 1. The van der Waals surface area contributed by atoms with Crippen molar-refractivity contribution in [2.24, 2.45) is 4.99 Å². The van der Waals surface area contributed by atoms with Crippen LogP contribution in [0.2, 0.25) is 0 Å². The quantitative estimate of drug-likeness (QED) is 0.213. The molecular weight excluding hydrogens is 523 g/mol. The minimum absolute atomic E-state index is 0. The first-order valence-electron chi connectivity index (χ1n) is 9.85. The molecule has 2 aromatic carbocycles. The van der Waals surface area contributed by atoms with E-state index < -0.39 is 0 Å². The highest BCUT2D eigenvalue weighted by atomic mass is 127. The van der Waals surface area contributed by atoms with Crippen LogP contribution in [0.4, 0.5) is 11.4 Å². The number of benzene rings is 2. The summed E-state index contributed by atoms with van der Waals surface area (Å²) in [6.07, 6.45) is 1.47. The fourth-order valence-electron chi connectivity index (χ4n) is 2.88. The molecule has 32 heavy (non-hydrogen) atoms. The molecule has 170 valence electrons. The van der Waals surface area contributed by atoms with E-state index in [-0.39, 0.29) is 35.6 Å². The third-order valence-electron chi connectivity index (χ3n) is 4.34. The molecule has 0 radical (unpaired) electrons. The van der Waals surface area contributed by atoms with Crippen molar-refractivity contribution in [3.05, 3.63) is 72.2 Å². The average molecular weight is 550 g/mol. The highest BCUT2D eigenvalue weighted by molar-refractivity contribution is 14.0. The summed E-state index contributed by atoms with van der Waals surface area (Å²) in [4.78, 5) is 16.4. The van der Waals surface area contributed by atoms with Crippen LogP contribution < -0.4 is 25.4 Å². The van der Waals surface area contributed by atoms with Crippen LogP contribution in [0.25, 0.3) is 0 Å². The maximum atomic E-state index is 12.2. The van der Waals surface area contributed by atoms with Gasteiger partial charge in [0.2, 0.25) is 0 Å². The topological polar surface area (TPSA) is 97.1 Å². The van der Waals surface area contributed by atoms with E-state index >= 15 is 0 Å². The van der Waals surface area contributed by atoms with Gasteiger partial charge in [0.05, 0.1) is 20.0 Å². The van der Waals surface area contributed by atoms with Crippen molar-refractivity contribution in [3.8, 4) is 11.5 Å². The summed E-state index contributed by atoms with van der Waals surface area (Å²) in [7, 11) is 3.30. The summed E-state index contributed by atoms with van der Waals surface area (Å²) in [5.41, 5.74) is 2.47. The van der Waals surface area contributed by atoms with Gasteiger partial charge in [0.25, 0.3) is 5.91 Å². The summed E-state index contributed by atoms with van der Waals surface area (Å²) in [6.45, 7) is 3.00. The largest absolute Gasteiger partial charge is 0.493 e. The number of hydrogen-bond acceptors (Lipinski definition) is 5. The Morgan fingerprint density at radius 1 is 1.03 bits per heavy atom. The molecule has 0 spiro atoms. The minimum Gasteiger partial charge on any atom is -0.493 e. The minimum atomic E-state index is -0.294. The zero-order valence-corrected chi connectivity index (χ0v) is 20.5. The van der Waals surface area contributed by atoms with Crippen molar-refractivity contribution in [1.82, 2.24) is 5.32 Å². The summed E-state index contributed by atoms with van der Waals surface area (Å²) in [6, 6.07) is 16.4. The molecule has 0 saturated heterocycles. The molecule has 0 fully saturated rings. The van der Waals surface area contributed by atoms with E-state index in [1.165, 1.54) is 6.26 Å². The summed E-state index contributed by atoms with van der Waals surface area (Å²) in [5.74, 6) is 1.89. The summed E-state index contributed by atoms with van der Waals surface area (Å²) in [5, 5.41) is 9.31. The van der Waals surface area contributed by atoms with Gasteiger partial charge in [-0.3, -0.25) is 9.79 Å². The number of carbonyl (C=O) groups excluding carboxylic acids is 1. The molecule has 1 heterocycles. The molecule has 0 aliphatic rings. The molecule has 0 atom stereocenters. The third-order valence-corrected chi connectivity index (χ3v) is 4.34. The lowest BCUT2D eigenvalue weighted by molar-refractivity contribution is 0.0996. The number of nitrogens with one attached hydrogen (secondary N) is 3. The fraction of sp³-hybridized carbons (Fsp3) is 0.217. The average Bonchev–Trinajstić information content (AvgIpc) is 3.33. The van der Waals surface area contributed by atoms with Gasteiger partial charge in [-0.2, -0.15) is 0 Å². The maximum absolute atomic E-state index is 12.2. The van der Waals surface area contributed by atoms with E-state index in [1.807, 2.05) is 49.4 Å². The Hall–Kier alpha value is -3.21. The summed E-state index contributed by atoms with van der Waals surface area (Å²) >= 11 is 0. The van der Waals surface area contributed by atoms with Crippen LogP contribution in [0.1, 0.15) is 23.0 Å². The first-order valence-corrected chi connectivity index (χ1v) is 9.85. The monoisotopic (exact) mass is 550 g/mol. The molecule has 9 heteroatoms. The molecule has 8 nitrogen and oxygen atoms in total. The first kappa shape index (κ1) is 25.1. The van der Waals surface area contributed by atoms with Gasteiger partial charge in [-0.05, 0) is 48.9 Å². The van der Waals surface area contributed by atoms with E-state index in [9.17, 15) is 4.79 Å². The number of furan rings is 1. The van der Waals surface area contributed by atoms with E-state index in [4.69, 9.17) is 13.9 Å². The Balaban J connectivity index is 0.00000363. The number of rotatable bonds is 8. The van der Waals surface area contributed by atoms with Gasteiger partial charge in [0.15, 0.2) is 23.2 Å². The Bertz CT molecular complexity index is 1040. The SMILES string of the molecule is CCOc1ccc(NC(=NC)NCc2cccc(NC(=O)c3ccco3)c2)cc1OC.I. The van der Waals surface area contributed by atoms with Crippen LogP contribution >= 0.6 is 24.0 Å². The van der Waals surface area contributed by atoms with Crippen LogP contribution in [0.15, 0.2) is 70.3 Å². The van der Waals surface area contributed by atoms with Gasteiger partial charge in [-0.1, -0.05) is 12.1 Å². The van der Waals surface area contributed by atoms with Crippen molar-refractivity contribution >= 4 is 47.2 Å². The van der Waals surface area contributed by atoms with Gasteiger partial charge in [0, 0.05) is 31.0 Å². The molecule has 1 aromatic heterocycles. The molecular formula is C23H27IN4O4. The maximum Gasteiger partial charge on any atom is 0.291 e. The predicted molar refractivity (Wildman–Crippen MR) is 137 cm³/mol. The highest BCUT2D eigenvalue weighted by Gasteiger charge is 2.10. The van der Waals surface area contributed by atoms with Crippen LogP contribution in [-0.2, 0) is 6.54 Å². The van der Waals surface area contributed by atoms with Gasteiger partial charge >= 0.3 is 0 Å². The van der Waals surface area contributed by atoms with E-state index in [2.05, 4.69) is 20.9 Å². The van der Waals surface area contributed by atoms with Crippen LogP contribution in [0.5, 0.6) is 11.5 Å². The van der Waals surface area contributed by atoms with E-state index in [0.717, 1.165) is 11.3 Å². The zero-order chi connectivity index (χ0) is 22.1. The fourth-order valence-corrected chi connectivity index (χ4v) is 2.88. The smallest absolute Gasteiger partial charge is 0.291 e. The molecule has 0 bridgehead atoms. The molecule has 0 aliphatic heterocycles. The number of anilines is 2. The lowest BCUT2D eigenvalue weighted by Crippen LogP contribution is -2.30. The third kappa shape index (κ3) is 6.91. The van der Waals surface area contributed by atoms with Gasteiger partial charge < -0.3 is 29.8 Å². The van der Waals surface area contributed by atoms with Gasteiger partial charge in [0.1, 0.15) is 0 Å². The second-order valence-corrected chi connectivity index (χ2v) is 6.48. The first-order chi connectivity index (χ1) is 15.1. The number of methoxy groups -OCH3 is 1. The van der Waals surface area contributed by atoms with Gasteiger partial charge in [-0.25, -0.2) is 0 Å². The summed E-state index contributed by atoms with van der Waals surface area (Å²) < 4.78 is 16.1. The molecule has 0 unspecified atom stereocenters. The Morgan fingerprint density at radius 3 is 2.53 bits per heavy atom. The number of hydrogen-bond donors (Lipinski definition) is 3. The highest BCUT2D eigenvalue weighted by Crippen LogP contribution is 2.30. The number of amides is 1. The van der Waals surface area contributed by atoms with Crippen LogP contribution in [0.3, 0.4) is 0 Å². The van der Waals surface area contributed by atoms with Gasteiger partial charge in [-0.15, -0.1) is 24.0 Å². The zero-order valence-electron chi connectivity index (χ0n) is 18.2. The van der Waals surface area contributed by atoms with Crippen LogP contribution in [-0.4, -0.2) is 32.6 Å². The molecule has 3 N–H and O–H groups in total. The molecule has 3 aromatic rings. The predicted octanol–water partition coefficient (Wildman–Crippen LogP) is 4.74. The Morgan fingerprint density at radius 2 is 1.84 bits per heavy atom. The molecule has 0 saturated carbocycles. The Labute approximate surface area is 204 Å². The second kappa shape index (κ2) is 12.6. The van der Waals surface area contributed by atoms with Crippen molar-refractivity contribution in [2.75, 3.05) is 31.4 Å². The molecule has 3 rings (SSSR count). The normalized spacial score (nSPS) is 10.7. The van der Waals surface area contributed by atoms with Crippen molar-refractivity contribution in [3.63, 3.8) is 0 Å². The molecule has 0 aliphatic carbocycles. The van der Waals surface area contributed by atoms with Crippen molar-refractivity contribution in [1.29, 1.82) is 0 Å². The lowest BCUT2D eigenvalue weighted by Gasteiger charge is -2.15. The number of nitrogens with zero attached hydrogens (tertiary/aromatic N) is 1. The van der Waals surface area contributed by atoms with Crippen molar-refractivity contribution < 1.29 is 18.7 Å². The lowest BCUT2D eigenvalue weighted by atomic mass is 10.2. The van der Waals surface area contributed by atoms with E-state index in [1.54, 1.807) is 26.3 Å². The van der Waals surface area contributed by atoms with Crippen molar-refractivity contribution in [2.45, 2.75) is 13.5 Å². The Kier molecular flexibility index (Phi) is 9.86. The number of carbonyl (C=O) groups is 1. The van der Waals surface area contributed by atoms with Crippen LogP contribution in [0, 0.1) is 0 Å². The number of ether oxygens (including phenoxy) is 2. The number of guanidine groups is 1. The standard InChI is InChI=1S/C23H26N4O4.HI/c1-4-30-19-11-10-18(14-21(19)29-3)27-23(24-2)25-15-16-7-5-8-17(13-16)26-22(28)20-9-6-12-31-20;/h5-14H,4,15H2,1-3H3,(H,26,28)(H2,24,25,27);1H. The molecule has 1 amide bonds. The van der Waals surface area contributed by atoms with E-state index in [0.29, 0.717) is 36.3 Å².